The molecule has 32 heavy (non-hydrogen) atoms. The van der Waals surface area contributed by atoms with E-state index in [0.717, 1.165) is 11.4 Å². The molecule has 0 saturated carbocycles. The highest BCUT2D eigenvalue weighted by atomic mass is 32.2. The molecule has 8 nitrogen and oxygen atoms in total. The number of hydrogen-bond donors (Lipinski definition) is 1. The van der Waals surface area contributed by atoms with Gasteiger partial charge < -0.3 is 9.88 Å². The Morgan fingerprint density at radius 3 is 2.25 bits per heavy atom. The van der Waals surface area contributed by atoms with Gasteiger partial charge in [-0.25, -0.2) is 8.42 Å². The van der Waals surface area contributed by atoms with Gasteiger partial charge in [0.05, 0.1) is 10.6 Å². The maximum absolute atomic E-state index is 12.6. The molecule has 3 aromatic rings. The molecule has 0 spiro atoms. The Hall–Kier alpha value is -2.69. The zero-order valence-electron chi connectivity index (χ0n) is 18.6. The van der Waals surface area contributed by atoms with E-state index in [2.05, 4.69) is 15.5 Å². The molecule has 0 unspecified atom stereocenters. The maximum Gasteiger partial charge on any atom is 0.243 e. The summed E-state index contributed by atoms with van der Waals surface area (Å²) in [5.41, 5.74) is 2.66. The van der Waals surface area contributed by atoms with Crippen molar-refractivity contribution < 1.29 is 13.2 Å². The van der Waals surface area contributed by atoms with Crippen molar-refractivity contribution in [2.75, 3.05) is 24.2 Å². The van der Waals surface area contributed by atoms with Gasteiger partial charge in [-0.1, -0.05) is 55.4 Å². The lowest BCUT2D eigenvalue weighted by Crippen LogP contribution is -2.30. The Kier molecular flexibility index (Phi) is 7.70. The summed E-state index contributed by atoms with van der Waals surface area (Å²) in [4.78, 5) is 12.6. The normalized spacial score (nSPS) is 11.7. The van der Waals surface area contributed by atoms with Crippen LogP contribution in [0, 0.1) is 6.92 Å². The average molecular weight is 474 g/mol. The third-order valence-corrected chi connectivity index (χ3v) is 8.04. The number of amides is 1. The van der Waals surface area contributed by atoms with Gasteiger partial charge in [0.15, 0.2) is 11.0 Å². The number of carbonyl (C=O) groups excluding carboxylic acids is 1. The van der Waals surface area contributed by atoms with Crippen LogP contribution in [0.2, 0.25) is 0 Å². The highest BCUT2D eigenvalue weighted by Gasteiger charge is 2.21. The van der Waals surface area contributed by atoms with Gasteiger partial charge in [-0.05, 0) is 31.2 Å². The number of aryl methyl sites for hydroxylation is 1. The Balaban J connectivity index is 1.60. The van der Waals surface area contributed by atoms with E-state index in [-0.39, 0.29) is 16.6 Å². The van der Waals surface area contributed by atoms with Crippen molar-refractivity contribution in [2.45, 2.75) is 30.8 Å². The predicted molar refractivity (Wildman–Crippen MR) is 127 cm³/mol. The smallest absolute Gasteiger partial charge is 0.243 e. The average Bonchev–Trinajstić information content (AvgIpc) is 3.14. The molecule has 0 aliphatic rings. The molecule has 0 atom stereocenters. The van der Waals surface area contributed by atoms with Gasteiger partial charge >= 0.3 is 0 Å². The van der Waals surface area contributed by atoms with Gasteiger partial charge in [0.1, 0.15) is 0 Å². The highest BCUT2D eigenvalue weighted by Crippen LogP contribution is 2.23. The SMILES string of the molecule is CCN(CC)S(=O)(=O)c1ccc(NC(=O)CSc2nnc(-c3ccc(C)cc3)n2C)cc1. The zero-order chi connectivity index (χ0) is 23.3. The first-order valence-corrected chi connectivity index (χ1v) is 12.7. The van der Waals surface area contributed by atoms with Gasteiger partial charge in [0, 0.05) is 31.4 Å². The molecule has 0 radical (unpaired) electrons. The van der Waals surface area contributed by atoms with Crippen LogP contribution in [0.4, 0.5) is 5.69 Å². The molecule has 3 rings (SSSR count). The summed E-state index contributed by atoms with van der Waals surface area (Å²) in [6.07, 6.45) is 0. The number of sulfonamides is 1. The molecule has 1 N–H and O–H groups in total. The second kappa shape index (κ2) is 10.3. The van der Waals surface area contributed by atoms with Crippen LogP contribution in [-0.4, -0.2) is 52.2 Å². The standard InChI is InChI=1S/C22H27N5O3S2/c1-5-27(6-2)32(29,30)19-13-11-18(12-14-19)23-20(28)15-31-22-25-24-21(26(22)4)17-9-7-16(3)8-10-17/h7-14H,5-6,15H2,1-4H3,(H,23,28). The van der Waals surface area contributed by atoms with Crippen molar-refractivity contribution in [2.24, 2.45) is 7.05 Å². The molecule has 0 aliphatic heterocycles. The Bertz CT molecular complexity index is 1170. The molecule has 0 fully saturated rings. The van der Waals surface area contributed by atoms with Crippen molar-refractivity contribution in [3.8, 4) is 11.4 Å². The molecular formula is C22H27N5O3S2. The van der Waals surface area contributed by atoms with Gasteiger partial charge in [-0.2, -0.15) is 4.31 Å². The Morgan fingerprint density at radius 1 is 1.03 bits per heavy atom. The summed E-state index contributed by atoms with van der Waals surface area (Å²) in [6.45, 7) is 6.44. The van der Waals surface area contributed by atoms with Crippen LogP contribution in [0.15, 0.2) is 58.6 Å². The summed E-state index contributed by atoms with van der Waals surface area (Å²) >= 11 is 1.29. The topological polar surface area (TPSA) is 97.2 Å². The number of aromatic nitrogens is 3. The minimum absolute atomic E-state index is 0.152. The molecule has 10 heteroatoms. The second-order valence-electron chi connectivity index (χ2n) is 7.18. The number of nitrogens with one attached hydrogen (secondary N) is 1. The summed E-state index contributed by atoms with van der Waals surface area (Å²) in [6, 6.07) is 14.2. The molecule has 170 valence electrons. The van der Waals surface area contributed by atoms with Crippen LogP contribution in [0.1, 0.15) is 19.4 Å². The first kappa shape index (κ1) is 24.0. The number of benzene rings is 2. The van der Waals surface area contributed by atoms with Gasteiger partial charge in [0.25, 0.3) is 0 Å². The summed E-state index contributed by atoms with van der Waals surface area (Å²) < 4.78 is 28.4. The van der Waals surface area contributed by atoms with Crippen LogP contribution in [0.3, 0.4) is 0 Å². The lowest BCUT2D eigenvalue weighted by Gasteiger charge is -2.18. The molecule has 2 aromatic carbocycles. The fourth-order valence-electron chi connectivity index (χ4n) is 3.14. The maximum atomic E-state index is 12.6. The first-order valence-electron chi connectivity index (χ1n) is 10.3. The molecule has 1 amide bonds. The third-order valence-electron chi connectivity index (χ3n) is 4.96. The third kappa shape index (κ3) is 5.37. The molecule has 0 aliphatic carbocycles. The largest absolute Gasteiger partial charge is 0.325 e. The lowest BCUT2D eigenvalue weighted by molar-refractivity contribution is -0.113. The highest BCUT2D eigenvalue weighted by molar-refractivity contribution is 7.99. The van der Waals surface area contributed by atoms with Gasteiger partial charge in [-0.3, -0.25) is 4.79 Å². The van der Waals surface area contributed by atoms with Crippen molar-refractivity contribution in [3.63, 3.8) is 0 Å². The van der Waals surface area contributed by atoms with E-state index in [0.29, 0.717) is 23.9 Å². The van der Waals surface area contributed by atoms with E-state index in [1.165, 1.54) is 33.8 Å². The second-order valence-corrected chi connectivity index (χ2v) is 10.1. The minimum Gasteiger partial charge on any atom is -0.325 e. The number of rotatable bonds is 9. The Morgan fingerprint density at radius 2 is 1.66 bits per heavy atom. The van der Waals surface area contributed by atoms with Gasteiger partial charge in [-0.15, -0.1) is 10.2 Å². The number of hydrogen-bond acceptors (Lipinski definition) is 6. The zero-order valence-corrected chi connectivity index (χ0v) is 20.2. The van der Waals surface area contributed by atoms with E-state index < -0.39 is 10.0 Å². The van der Waals surface area contributed by atoms with Crippen LogP contribution in [0.25, 0.3) is 11.4 Å². The first-order chi connectivity index (χ1) is 15.3. The van der Waals surface area contributed by atoms with Crippen LogP contribution in [-0.2, 0) is 21.9 Å². The molecule has 1 aromatic heterocycles. The number of thioether (sulfide) groups is 1. The summed E-state index contributed by atoms with van der Waals surface area (Å²) in [7, 11) is -1.66. The number of carbonyl (C=O) groups is 1. The summed E-state index contributed by atoms with van der Waals surface area (Å²) in [5.74, 6) is 0.673. The van der Waals surface area contributed by atoms with Crippen LogP contribution >= 0.6 is 11.8 Å². The monoisotopic (exact) mass is 473 g/mol. The summed E-state index contributed by atoms with van der Waals surface area (Å²) in [5, 5.41) is 11.8. The van der Waals surface area contributed by atoms with E-state index >= 15 is 0 Å². The molecule has 0 bridgehead atoms. The van der Waals surface area contributed by atoms with Crippen LogP contribution in [0.5, 0.6) is 0 Å². The van der Waals surface area contributed by atoms with E-state index in [9.17, 15) is 13.2 Å². The molecular weight excluding hydrogens is 446 g/mol. The molecule has 0 saturated heterocycles. The van der Waals surface area contributed by atoms with E-state index in [4.69, 9.17) is 0 Å². The number of nitrogens with zero attached hydrogens (tertiary/aromatic N) is 4. The molecule has 1 heterocycles. The van der Waals surface area contributed by atoms with Crippen LogP contribution < -0.4 is 5.32 Å². The minimum atomic E-state index is -3.52. The quantitative estimate of drug-likeness (QED) is 0.478. The van der Waals surface area contributed by atoms with E-state index in [1.807, 2.05) is 42.8 Å². The lowest BCUT2D eigenvalue weighted by atomic mass is 10.1. The van der Waals surface area contributed by atoms with Crippen molar-refractivity contribution >= 4 is 33.4 Å². The van der Waals surface area contributed by atoms with Crippen molar-refractivity contribution in [1.29, 1.82) is 0 Å². The Labute approximate surface area is 193 Å². The van der Waals surface area contributed by atoms with Gasteiger partial charge in [0.2, 0.25) is 15.9 Å². The predicted octanol–water partition coefficient (Wildman–Crippen LogP) is 3.55. The van der Waals surface area contributed by atoms with E-state index in [1.54, 1.807) is 26.0 Å². The fourth-order valence-corrected chi connectivity index (χ4v) is 5.31. The van der Waals surface area contributed by atoms with Crippen molar-refractivity contribution in [3.05, 3.63) is 54.1 Å². The van der Waals surface area contributed by atoms with Crippen molar-refractivity contribution in [1.82, 2.24) is 19.1 Å². The number of anilines is 1. The fraction of sp³-hybridized carbons (Fsp3) is 0.318.